The number of hydrogen-bond acceptors (Lipinski definition) is 4. The molecule has 0 saturated carbocycles. The third-order valence-electron chi connectivity index (χ3n) is 3.45. The van der Waals surface area contributed by atoms with Crippen molar-refractivity contribution in [2.75, 3.05) is 5.32 Å². The Balaban J connectivity index is 2.12. The molecule has 0 aliphatic heterocycles. The molecule has 0 aliphatic rings. The zero-order chi connectivity index (χ0) is 22.0. The van der Waals surface area contributed by atoms with Crippen molar-refractivity contribution in [1.29, 1.82) is 0 Å². The summed E-state index contributed by atoms with van der Waals surface area (Å²) in [5.41, 5.74) is -1.26. The van der Waals surface area contributed by atoms with Crippen molar-refractivity contribution in [2.24, 2.45) is 0 Å². The minimum atomic E-state index is -5.70. The lowest BCUT2D eigenvalue weighted by molar-refractivity contribution is -0.0636. The third-order valence-corrected chi connectivity index (χ3v) is 5.24. The molecule has 0 spiro atoms. The molecule has 0 unspecified atom stereocenters. The van der Waals surface area contributed by atoms with Crippen LogP contribution in [0.25, 0.3) is 0 Å². The minimum absolute atomic E-state index is 0.233. The molecule has 0 atom stereocenters. The van der Waals surface area contributed by atoms with Crippen LogP contribution in [-0.2, 0) is 9.84 Å². The van der Waals surface area contributed by atoms with E-state index in [2.05, 4.69) is 0 Å². The lowest BCUT2D eigenvalue weighted by Crippen LogP contribution is -2.36. The Kier molecular flexibility index (Phi) is 6.21. The Labute approximate surface area is 159 Å². The van der Waals surface area contributed by atoms with Crippen LogP contribution in [0.5, 0.6) is 0 Å². The van der Waals surface area contributed by atoms with Crippen LogP contribution in [0.15, 0.2) is 47.4 Å². The number of urea groups is 1. The van der Waals surface area contributed by atoms with E-state index < -0.39 is 55.5 Å². The first-order valence-corrected chi connectivity index (χ1v) is 8.93. The maximum absolute atomic E-state index is 13.5. The van der Waals surface area contributed by atoms with Gasteiger partial charge in [0.1, 0.15) is 17.2 Å². The second-order valence-electron chi connectivity index (χ2n) is 5.40. The van der Waals surface area contributed by atoms with E-state index in [4.69, 9.17) is 0 Å². The number of anilines is 1. The Morgan fingerprint density at radius 3 is 1.93 bits per heavy atom. The highest BCUT2D eigenvalue weighted by molar-refractivity contribution is 7.92. The molecule has 0 bridgehead atoms. The number of alkyl halides is 4. The van der Waals surface area contributed by atoms with E-state index in [-0.39, 0.29) is 5.69 Å². The van der Waals surface area contributed by atoms with Gasteiger partial charge in [-0.05, 0) is 36.4 Å². The van der Waals surface area contributed by atoms with Crippen LogP contribution in [0.1, 0.15) is 10.4 Å². The Hall–Kier alpha value is -3.09. The molecular weight excluding hydrogens is 430 g/mol. The predicted octanol–water partition coefficient (Wildman–Crippen LogP) is 3.56. The lowest BCUT2D eigenvalue weighted by atomic mass is 10.2. The number of sulfone groups is 1. The molecule has 0 saturated heterocycles. The molecule has 13 heteroatoms. The van der Waals surface area contributed by atoms with Gasteiger partial charge >= 0.3 is 17.7 Å². The van der Waals surface area contributed by atoms with Gasteiger partial charge in [-0.15, -0.1) is 0 Å². The zero-order valence-electron chi connectivity index (χ0n) is 13.9. The van der Waals surface area contributed by atoms with E-state index in [9.17, 15) is 44.3 Å². The molecule has 2 aromatic carbocycles. The summed E-state index contributed by atoms with van der Waals surface area (Å²) in [6.45, 7) is 0. The largest absolute Gasteiger partial charge is 0.408 e. The van der Waals surface area contributed by atoms with Gasteiger partial charge in [0.25, 0.3) is 5.91 Å². The second kappa shape index (κ2) is 8.11. The summed E-state index contributed by atoms with van der Waals surface area (Å²) in [4.78, 5) is 22.3. The summed E-state index contributed by atoms with van der Waals surface area (Å²) in [6, 6.07) is 3.89. The number of benzene rings is 2. The van der Waals surface area contributed by atoms with E-state index in [0.29, 0.717) is 12.1 Å². The number of carbonyl (C=O) groups excluding carboxylic acids is 2. The van der Waals surface area contributed by atoms with Gasteiger partial charge in [-0.1, -0.05) is 6.07 Å². The molecule has 0 fully saturated rings. The van der Waals surface area contributed by atoms with Crippen LogP contribution in [0.3, 0.4) is 0 Å². The fraction of sp³-hybridized carbons (Fsp3) is 0.125. The van der Waals surface area contributed by atoms with Gasteiger partial charge in [0.05, 0.1) is 4.90 Å². The highest BCUT2D eigenvalue weighted by Crippen LogP contribution is 2.34. The maximum atomic E-state index is 13.5. The molecule has 0 aromatic heterocycles. The highest BCUT2D eigenvalue weighted by atomic mass is 32.2. The summed E-state index contributed by atoms with van der Waals surface area (Å²) < 4.78 is 101. The highest BCUT2D eigenvalue weighted by Gasteiger charge is 2.54. The van der Waals surface area contributed by atoms with E-state index in [0.717, 1.165) is 30.3 Å². The summed E-state index contributed by atoms with van der Waals surface area (Å²) >= 11 is 0. The first-order valence-electron chi connectivity index (χ1n) is 7.45. The number of hydrogen-bond donors (Lipinski definition) is 2. The monoisotopic (exact) mass is 440 g/mol. The van der Waals surface area contributed by atoms with Crippen LogP contribution in [-0.4, -0.2) is 32.0 Å². The maximum Gasteiger partial charge on any atom is 0.408 e. The summed E-state index contributed by atoms with van der Waals surface area (Å²) in [5.74, 6) is -3.89. The molecule has 3 amide bonds. The van der Waals surface area contributed by atoms with Crippen LogP contribution < -0.4 is 10.6 Å². The van der Waals surface area contributed by atoms with E-state index in [1.165, 1.54) is 0 Å². The quantitative estimate of drug-likeness (QED) is 0.696. The van der Waals surface area contributed by atoms with E-state index in [1.54, 1.807) is 5.32 Å². The molecule has 0 radical (unpaired) electrons. The van der Waals surface area contributed by atoms with Gasteiger partial charge in [0, 0.05) is 5.69 Å². The minimum Gasteiger partial charge on any atom is -0.308 e. The third kappa shape index (κ3) is 4.50. The number of rotatable bonds is 5. The molecule has 2 N–H and O–H groups in total. The van der Waals surface area contributed by atoms with Gasteiger partial charge in [-0.25, -0.2) is 30.8 Å². The molecule has 2 rings (SSSR count). The van der Waals surface area contributed by atoms with Crippen molar-refractivity contribution in [2.45, 2.75) is 16.6 Å². The number of amides is 3. The van der Waals surface area contributed by atoms with E-state index >= 15 is 0 Å². The second-order valence-corrected chi connectivity index (χ2v) is 7.42. The number of imide groups is 1. The molecule has 6 nitrogen and oxygen atoms in total. The molecule has 29 heavy (non-hydrogen) atoms. The van der Waals surface area contributed by atoms with Gasteiger partial charge in [0.15, 0.2) is 0 Å². The summed E-state index contributed by atoms with van der Waals surface area (Å²) in [7, 11) is -5.70. The number of carbonyl (C=O) groups is 2. The average Bonchev–Trinajstić information content (AvgIpc) is 2.61. The Morgan fingerprint density at radius 2 is 1.45 bits per heavy atom. The van der Waals surface area contributed by atoms with Gasteiger partial charge in [-0.3, -0.25) is 10.1 Å². The number of nitrogens with one attached hydrogen (secondary N) is 2. The van der Waals surface area contributed by atoms with Crippen LogP contribution in [0.2, 0.25) is 0 Å². The van der Waals surface area contributed by atoms with Gasteiger partial charge in [-0.2, -0.15) is 8.78 Å². The predicted molar refractivity (Wildman–Crippen MR) is 87.4 cm³/mol. The first kappa shape index (κ1) is 22.2. The van der Waals surface area contributed by atoms with Gasteiger partial charge < -0.3 is 5.32 Å². The molecule has 0 heterocycles. The summed E-state index contributed by atoms with van der Waals surface area (Å²) in [5, 5.41) is -1.74. The zero-order valence-corrected chi connectivity index (χ0v) is 14.7. The molecular formula is C16H10F6N2O4S. The summed E-state index contributed by atoms with van der Waals surface area (Å²) in [6.07, 6.45) is -4.46. The Bertz CT molecular complexity index is 1020. The SMILES string of the molecule is O=C(NC(=O)c1c(F)cccc1F)Nc1ccc(S(=O)(=O)C(F)(F)C(F)F)cc1. The molecule has 156 valence electrons. The normalized spacial score (nSPS) is 12.0. The van der Waals surface area contributed by atoms with Crippen molar-refractivity contribution in [3.8, 4) is 0 Å². The van der Waals surface area contributed by atoms with Crippen molar-refractivity contribution >= 4 is 27.5 Å². The van der Waals surface area contributed by atoms with Crippen molar-refractivity contribution in [1.82, 2.24) is 5.32 Å². The van der Waals surface area contributed by atoms with Crippen LogP contribution in [0, 0.1) is 11.6 Å². The lowest BCUT2D eigenvalue weighted by Gasteiger charge is -2.16. The first-order chi connectivity index (χ1) is 13.4. The van der Waals surface area contributed by atoms with Crippen molar-refractivity contribution in [3.05, 3.63) is 59.7 Å². The topological polar surface area (TPSA) is 92.3 Å². The van der Waals surface area contributed by atoms with Gasteiger partial charge in [0.2, 0.25) is 9.84 Å². The van der Waals surface area contributed by atoms with Crippen LogP contribution in [0.4, 0.5) is 36.8 Å². The smallest absolute Gasteiger partial charge is 0.308 e. The fourth-order valence-corrected chi connectivity index (χ4v) is 3.08. The molecule has 2 aromatic rings. The fourth-order valence-electron chi connectivity index (χ4n) is 2.03. The number of halogens is 6. The Morgan fingerprint density at radius 1 is 0.931 bits per heavy atom. The standard InChI is InChI=1S/C16H10F6N2O4S/c17-10-2-1-3-11(18)12(10)13(25)24-15(26)23-8-4-6-9(7-5-8)29(27,28)16(21,22)14(19)20/h1-7,14H,(H2,23,24,25,26). The average molecular weight is 440 g/mol. The van der Waals surface area contributed by atoms with Crippen molar-refractivity contribution in [3.63, 3.8) is 0 Å². The molecule has 0 aliphatic carbocycles. The van der Waals surface area contributed by atoms with Crippen molar-refractivity contribution < 1.29 is 44.3 Å². The van der Waals surface area contributed by atoms with E-state index in [1.807, 2.05) is 5.32 Å². The van der Waals surface area contributed by atoms with Crippen LogP contribution >= 0.6 is 0 Å².